The molecule has 0 amide bonds. The first kappa shape index (κ1) is 25.2. The highest BCUT2D eigenvalue weighted by Crippen LogP contribution is 2.51. The molecule has 1 aliphatic rings. The number of rotatable bonds is 4. The van der Waals surface area contributed by atoms with Crippen LogP contribution in [0.3, 0.4) is 0 Å². The van der Waals surface area contributed by atoms with Crippen molar-refractivity contribution >= 4 is 22.8 Å². The molecule has 4 aromatic carbocycles. The third kappa shape index (κ3) is 4.14. The summed E-state index contributed by atoms with van der Waals surface area (Å²) >= 11 is 0. The van der Waals surface area contributed by atoms with Gasteiger partial charge in [0.25, 0.3) is 0 Å². The molecule has 7 aromatic rings. The van der Waals surface area contributed by atoms with Crippen molar-refractivity contribution in [2.75, 3.05) is 4.90 Å². The van der Waals surface area contributed by atoms with Crippen LogP contribution < -0.4 is 4.90 Å². The van der Waals surface area contributed by atoms with Gasteiger partial charge in [-0.3, -0.25) is 9.30 Å². The topological polar surface area (TPSA) is 33.4 Å². The van der Waals surface area contributed by atoms with E-state index in [0.29, 0.717) is 0 Å². The Balaban J connectivity index is 1.28. The van der Waals surface area contributed by atoms with Crippen molar-refractivity contribution in [1.82, 2.24) is 14.4 Å². The molecule has 0 saturated heterocycles. The number of anilines is 3. The van der Waals surface area contributed by atoms with Gasteiger partial charge in [-0.2, -0.15) is 0 Å². The molecule has 4 nitrogen and oxygen atoms in total. The van der Waals surface area contributed by atoms with E-state index in [1.54, 1.807) is 0 Å². The molecular formula is C39H30N4. The molecule has 8 rings (SSSR count). The van der Waals surface area contributed by atoms with E-state index in [2.05, 4.69) is 162 Å². The van der Waals surface area contributed by atoms with E-state index >= 15 is 0 Å². The molecule has 1 aliphatic heterocycles. The Bertz CT molecular complexity index is 2030. The average Bonchev–Trinajstić information content (AvgIpc) is 3.55. The van der Waals surface area contributed by atoms with Crippen molar-refractivity contribution in [1.29, 1.82) is 0 Å². The monoisotopic (exact) mass is 554 g/mol. The molecule has 4 heteroatoms. The van der Waals surface area contributed by atoms with E-state index in [1.807, 2.05) is 12.3 Å². The fourth-order valence-electron chi connectivity index (χ4n) is 6.43. The molecule has 3 aromatic heterocycles. The standard InChI is InChI=1S/C39H30N4/c1-39(2)32-15-9-10-16-36(32)43(38-33(39)21-22-37-40-23-24-42(37)38)31-19-17-29(18-20-31)35-26-30(27-11-5-3-6-12-27)25-34(41-35)28-13-7-4-8-14-28/h3-26H,1-2H3. The van der Waals surface area contributed by atoms with Crippen LogP contribution in [0.2, 0.25) is 0 Å². The maximum absolute atomic E-state index is 5.14. The lowest BCUT2D eigenvalue weighted by Gasteiger charge is -2.42. The quantitative estimate of drug-likeness (QED) is 0.217. The summed E-state index contributed by atoms with van der Waals surface area (Å²) in [4.78, 5) is 12.1. The lowest BCUT2D eigenvalue weighted by atomic mass is 9.74. The van der Waals surface area contributed by atoms with Gasteiger partial charge in [-0.25, -0.2) is 9.97 Å². The van der Waals surface area contributed by atoms with Gasteiger partial charge in [-0.1, -0.05) is 111 Å². The summed E-state index contributed by atoms with van der Waals surface area (Å²) in [6, 6.07) is 47.2. The number of pyridine rings is 2. The highest BCUT2D eigenvalue weighted by atomic mass is 15.3. The Morgan fingerprint density at radius 3 is 1.91 bits per heavy atom. The van der Waals surface area contributed by atoms with Gasteiger partial charge in [0, 0.05) is 40.2 Å². The van der Waals surface area contributed by atoms with Gasteiger partial charge in [0.05, 0.1) is 17.1 Å². The van der Waals surface area contributed by atoms with Crippen LogP contribution >= 0.6 is 0 Å². The molecule has 0 spiro atoms. The highest BCUT2D eigenvalue weighted by Gasteiger charge is 2.38. The summed E-state index contributed by atoms with van der Waals surface area (Å²) in [7, 11) is 0. The number of nitrogens with zero attached hydrogens (tertiary/aromatic N) is 4. The van der Waals surface area contributed by atoms with Gasteiger partial charge in [0.15, 0.2) is 0 Å². The zero-order valence-corrected chi connectivity index (χ0v) is 24.1. The second kappa shape index (κ2) is 9.81. The number of para-hydroxylation sites is 1. The molecule has 0 radical (unpaired) electrons. The van der Waals surface area contributed by atoms with Crippen LogP contribution in [0.5, 0.6) is 0 Å². The van der Waals surface area contributed by atoms with E-state index in [0.717, 1.165) is 45.2 Å². The summed E-state index contributed by atoms with van der Waals surface area (Å²) < 4.78 is 2.21. The molecule has 0 saturated carbocycles. The predicted molar refractivity (Wildman–Crippen MR) is 176 cm³/mol. The zero-order valence-electron chi connectivity index (χ0n) is 24.1. The molecule has 0 fully saturated rings. The minimum Gasteiger partial charge on any atom is -0.296 e. The number of benzene rings is 4. The number of hydrogen-bond donors (Lipinski definition) is 0. The maximum atomic E-state index is 5.14. The fourth-order valence-corrected chi connectivity index (χ4v) is 6.43. The van der Waals surface area contributed by atoms with Gasteiger partial charge in [0.2, 0.25) is 0 Å². The Labute approximate surface area is 251 Å². The summed E-state index contributed by atoms with van der Waals surface area (Å²) in [5, 5.41) is 0. The first-order valence-corrected chi connectivity index (χ1v) is 14.7. The average molecular weight is 555 g/mol. The van der Waals surface area contributed by atoms with Crippen LogP contribution in [-0.2, 0) is 5.41 Å². The Hall–Kier alpha value is -5.48. The highest BCUT2D eigenvalue weighted by molar-refractivity contribution is 5.86. The molecule has 0 bridgehead atoms. The molecule has 206 valence electrons. The molecule has 43 heavy (non-hydrogen) atoms. The third-order valence-electron chi connectivity index (χ3n) is 8.66. The minimum atomic E-state index is -0.156. The van der Waals surface area contributed by atoms with Crippen molar-refractivity contribution in [3.8, 4) is 33.6 Å². The molecule has 4 heterocycles. The lowest BCUT2D eigenvalue weighted by molar-refractivity contribution is 0.626. The van der Waals surface area contributed by atoms with Crippen molar-refractivity contribution in [2.24, 2.45) is 0 Å². The molecular weight excluding hydrogens is 524 g/mol. The second-order valence-electron chi connectivity index (χ2n) is 11.6. The van der Waals surface area contributed by atoms with Crippen molar-refractivity contribution < 1.29 is 0 Å². The van der Waals surface area contributed by atoms with Gasteiger partial charge >= 0.3 is 0 Å². The second-order valence-corrected chi connectivity index (χ2v) is 11.6. The number of hydrogen-bond acceptors (Lipinski definition) is 3. The summed E-state index contributed by atoms with van der Waals surface area (Å²) in [5.41, 5.74) is 12.0. The lowest BCUT2D eigenvalue weighted by Crippen LogP contribution is -2.32. The number of imidazole rings is 1. The Kier molecular flexibility index (Phi) is 5.76. The van der Waals surface area contributed by atoms with Crippen LogP contribution in [-0.4, -0.2) is 14.4 Å². The van der Waals surface area contributed by atoms with Crippen molar-refractivity contribution in [3.63, 3.8) is 0 Å². The smallest absolute Gasteiger partial charge is 0.138 e. The first-order chi connectivity index (χ1) is 21.1. The first-order valence-electron chi connectivity index (χ1n) is 14.7. The molecule has 0 unspecified atom stereocenters. The SMILES string of the molecule is CC1(C)c2ccccc2N(c2ccc(-c3cc(-c4ccccc4)cc(-c4ccccc4)n3)cc2)c2c1ccc1nccn21. The van der Waals surface area contributed by atoms with E-state index < -0.39 is 0 Å². The normalized spacial score (nSPS) is 13.5. The Morgan fingerprint density at radius 2 is 1.19 bits per heavy atom. The molecule has 0 aliphatic carbocycles. The van der Waals surface area contributed by atoms with E-state index in [1.165, 1.54) is 22.4 Å². The van der Waals surface area contributed by atoms with Gasteiger partial charge in [-0.05, 0) is 53.1 Å². The van der Waals surface area contributed by atoms with Gasteiger partial charge < -0.3 is 0 Å². The zero-order chi connectivity index (χ0) is 29.0. The van der Waals surface area contributed by atoms with Crippen LogP contribution in [0.15, 0.2) is 146 Å². The summed E-state index contributed by atoms with van der Waals surface area (Å²) in [6.07, 6.45) is 3.93. The summed E-state index contributed by atoms with van der Waals surface area (Å²) in [5.74, 6) is 1.13. The minimum absolute atomic E-state index is 0.156. The van der Waals surface area contributed by atoms with Crippen molar-refractivity contribution in [2.45, 2.75) is 19.3 Å². The van der Waals surface area contributed by atoms with Crippen molar-refractivity contribution in [3.05, 3.63) is 157 Å². The maximum Gasteiger partial charge on any atom is 0.138 e. The Morgan fingerprint density at radius 1 is 0.558 bits per heavy atom. The van der Waals surface area contributed by atoms with E-state index in [9.17, 15) is 0 Å². The third-order valence-corrected chi connectivity index (χ3v) is 8.66. The van der Waals surface area contributed by atoms with Crippen LogP contribution in [0, 0.1) is 0 Å². The van der Waals surface area contributed by atoms with Crippen LogP contribution in [0.4, 0.5) is 17.2 Å². The molecule has 0 N–H and O–H groups in total. The van der Waals surface area contributed by atoms with E-state index in [-0.39, 0.29) is 5.41 Å². The van der Waals surface area contributed by atoms with Crippen LogP contribution in [0.1, 0.15) is 25.0 Å². The van der Waals surface area contributed by atoms with Crippen LogP contribution in [0.25, 0.3) is 39.3 Å². The molecule has 0 atom stereocenters. The fraction of sp³-hybridized carbons (Fsp3) is 0.0769. The summed E-state index contributed by atoms with van der Waals surface area (Å²) in [6.45, 7) is 4.62. The number of aromatic nitrogens is 3. The van der Waals surface area contributed by atoms with Gasteiger partial charge in [-0.15, -0.1) is 0 Å². The largest absolute Gasteiger partial charge is 0.296 e. The predicted octanol–water partition coefficient (Wildman–Crippen LogP) is 9.84. The van der Waals surface area contributed by atoms with E-state index in [4.69, 9.17) is 4.98 Å². The van der Waals surface area contributed by atoms with Gasteiger partial charge in [0.1, 0.15) is 11.5 Å². The number of fused-ring (bicyclic) bond motifs is 4.